The van der Waals surface area contributed by atoms with Gasteiger partial charge in [-0.15, -0.1) is 0 Å². The van der Waals surface area contributed by atoms with Gasteiger partial charge in [0.25, 0.3) is 0 Å². The minimum absolute atomic E-state index is 0.0153. The van der Waals surface area contributed by atoms with Crippen molar-refractivity contribution >= 4 is 11.8 Å². The molecule has 1 aromatic carbocycles. The van der Waals surface area contributed by atoms with Crippen LogP contribution in [0.1, 0.15) is 30.3 Å². The van der Waals surface area contributed by atoms with Crippen molar-refractivity contribution in [2.75, 3.05) is 37.0 Å². The summed E-state index contributed by atoms with van der Waals surface area (Å²) in [6.07, 6.45) is -3.13. The Morgan fingerprint density at radius 1 is 1.10 bits per heavy atom. The van der Waals surface area contributed by atoms with E-state index in [0.29, 0.717) is 36.8 Å². The Hall–Kier alpha value is -3.24. The van der Waals surface area contributed by atoms with E-state index in [1.165, 1.54) is 17.0 Å². The summed E-state index contributed by atoms with van der Waals surface area (Å²) >= 11 is 0. The SMILES string of the molecule is CN(C)c1cc(C(F)(F)F)nc(N2CCCC(c3nc(-c4ccc(F)cc4)no3)C2)n1. The van der Waals surface area contributed by atoms with E-state index in [9.17, 15) is 17.6 Å². The lowest BCUT2D eigenvalue weighted by Crippen LogP contribution is -2.36. The number of benzene rings is 1. The lowest BCUT2D eigenvalue weighted by atomic mass is 9.98. The molecule has 0 amide bonds. The first-order chi connectivity index (χ1) is 14.7. The van der Waals surface area contributed by atoms with Crippen molar-refractivity contribution in [2.24, 2.45) is 0 Å². The van der Waals surface area contributed by atoms with Crippen LogP contribution >= 0.6 is 0 Å². The van der Waals surface area contributed by atoms with Crippen LogP contribution in [0.5, 0.6) is 0 Å². The Balaban J connectivity index is 1.58. The van der Waals surface area contributed by atoms with Gasteiger partial charge in [-0.3, -0.25) is 0 Å². The molecule has 0 radical (unpaired) electrons. The normalized spacial score (nSPS) is 17.1. The van der Waals surface area contributed by atoms with Gasteiger partial charge in [0, 0.05) is 38.8 Å². The quantitative estimate of drug-likeness (QED) is 0.570. The van der Waals surface area contributed by atoms with Crippen molar-refractivity contribution in [3.05, 3.63) is 47.7 Å². The summed E-state index contributed by atoms with van der Waals surface area (Å²) in [6, 6.07) is 6.65. The van der Waals surface area contributed by atoms with Gasteiger partial charge in [-0.05, 0) is 37.1 Å². The minimum Gasteiger partial charge on any atom is -0.363 e. The Morgan fingerprint density at radius 2 is 1.84 bits per heavy atom. The van der Waals surface area contributed by atoms with Crippen LogP contribution < -0.4 is 9.80 Å². The molecule has 1 atom stereocenters. The fourth-order valence-corrected chi connectivity index (χ4v) is 3.42. The Labute approximate surface area is 175 Å². The van der Waals surface area contributed by atoms with Crippen molar-refractivity contribution in [3.8, 4) is 11.4 Å². The van der Waals surface area contributed by atoms with Crippen LogP contribution in [0.3, 0.4) is 0 Å². The van der Waals surface area contributed by atoms with Gasteiger partial charge >= 0.3 is 6.18 Å². The molecule has 1 aliphatic heterocycles. The maximum absolute atomic E-state index is 13.3. The highest BCUT2D eigenvalue weighted by atomic mass is 19.4. The van der Waals surface area contributed by atoms with Crippen molar-refractivity contribution in [2.45, 2.75) is 24.9 Å². The number of halogens is 4. The first kappa shape index (κ1) is 21.0. The second kappa shape index (κ2) is 8.12. The summed E-state index contributed by atoms with van der Waals surface area (Å²) in [5.41, 5.74) is -0.374. The largest absolute Gasteiger partial charge is 0.433 e. The van der Waals surface area contributed by atoms with Crippen LogP contribution in [0.25, 0.3) is 11.4 Å². The molecule has 2 aromatic heterocycles. The van der Waals surface area contributed by atoms with Gasteiger partial charge in [0.1, 0.15) is 11.6 Å². The average molecular weight is 436 g/mol. The zero-order valence-corrected chi connectivity index (χ0v) is 16.9. The topological polar surface area (TPSA) is 71.2 Å². The number of rotatable bonds is 4. The lowest BCUT2D eigenvalue weighted by Gasteiger charge is -2.31. The zero-order valence-electron chi connectivity index (χ0n) is 16.9. The first-order valence-corrected chi connectivity index (χ1v) is 9.69. The van der Waals surface area contributed by atoms with E-state index >= 15 is 0 Å². The van der Waals surface area contributed by atoms with Gasteiger partial charge in [-0.1, -0.05) is 5.16 Å². The van der Waals surface area contributed by atoms with Crippen molar-refractivity contribution < 1.29 is 22.1 Å². The van der Waals surface area contributed by atoms with Crippen LogP contribution in [0, 0.1) is 5.82 Å². The van der Waals surface area contributed by atoms with Crippen LogP contribution in [-0.4, -0.2) is 47.3 Å². The lowest BCUT2D eigenvalue weighted by molar-refractivity contribution is -0.141. The second-order valence-corrected chi connectivity index (χ2v) is 7.55. The monoisotopic (exact) mass is 436 g/mol. The second-order valence-electron chi connectivity index (χ2n) is 7.55. The van der Waals surface area contributed by atoms with E-state index in [4.69, 9.17) is 4.52 Å². The number of hydrogen-bond donors (Lipinski definition) is 0. The van der Waals surface area contributed by atoms with Crippen LogP contribution in [-0.2, 0) is 6.18 Å². The van der Waals surface area contributed by atoms with E-state index in [-0.39, 0.29) is 23.5 Å². The van der Waals surface area contributed by atoms with E-state index < -0.39 is 11.9 Å². The molecule has 0 N–H and O–H groups in total. The number of aromatic nitrogens is 4. The van der Waals surface area contributed by atoms with E-state index in [0.717, 1.165) is 12.5 Å². The third-order valence-electron chi connectivity index (χ3n) is 5.05. The molecule has 0 aliphatic carbocycles. The molecule has 164 valence electrons. The summed E-state index contributed by atoms with van der Waals surface area (Å²) < 4.78 is 58.5. The Bertz CT molecular complexity index is 1050. The average Bonchev–Trinajstić information content (AvgIpc) is 3.24. The number of nitrogens with zero attached hydrogens (tertiary/aromatic N) is 6. The molecular weight excluding hydrogens is 416 g/mol. The van der Waals surface area contributed by atoms with Gasteiger partial charge in [0.2, 0.25) is 17.7 Å². The van der Waals surface area contributed by atoms with Crippen LogP contribution in [0.4, 0.5) is 29.3 Å². The molecule has 1 unspecified atom stereocenters. The van der Waals surface area contributed by atoms with Crippen molar-refractivity contribution in [1.82, 2.24) is 20.1 Å². The third kappa shape index (κ3) is 4.59. The molecule has 31 heavy (non-hydrogen) atoms. The Morgan fingerprint density at radius 3 is 2.52 bits per heavy atom. The highest BCUT2D eigenvalue weighted by Crippen LogP contribution is 2.33. The Kier molecular flexibility index (Phi) is 5.50. The summed E-state index contributed by atoms with van der Waals surface area (Å²) in [4.78, 5) is 15.7. The maximum atomic E-state index is 13.3. The van der Waals surface area contributed by atoms with E-state index in [2.05, 4.69) is 20.1 Å². The molecule has 0 bridgehead atoms. The van der Waals surface area contributed by atoms with Gasteiger partial charge in [-0.25, -0.2) is 9.37 Å². The zero-order chi connectivity index (χ0) is 22.2. The number of alkyl halides is 3. The smallest absolute Gasteiger partial charge is 0.363 e. The van der Waals surface area contributed by atoms with Gasteiger partial charge in [-0.2, -0.15) is 23.1 Å². The molecule has 11 heteroatoms. The molecule has 0 saturated carbocycles. The fourth-order valence-electron chi connectivity index (χ4n) is 3.42. The maximum Gasteiger partial charge on any atom is 0.433 e. The molecule has 1 saturated heterocycles. The molecular formula is C20H20F4N6O. The van der Waals surface area contributed by atoms with E-state index in [1.54, 1.807) is 31.1 Å². The molecule has 0 spiro atoms. The highest BCUT2D eigenvalue weighted by Gasteiger charge is 2.35. The first-order valence-electron chi connectivity index (χ1n) is 9.69. The summed E-state index contributed by atoms with van der Waals surface area (Å²) in [7, 11) is 3.25. The van der Waals surface area contributed by atoms with Gasteiger partial charge in [0.05, 0.1) is 5.92 Å². The van der Waals surface area contributed by atoms with Gasteiger partial charge < -0.3 is 14.3 Å². The highest BCUT2D eigenvalue weighted by molar-refractivity contribution is 5.54. The number of anilines is 2. The minimum atomic E-state index is -4.58. The summed E-state index contributed by atoms with van der Waals surface area (Å²) in [6.45, 7) is 0.864. The number of piperidine rings is 1. The van der Waals surface area contributed by atoms with Crippen LogP contribution in [0.15, 0.2) is 34.9 Å². The van der Waals surface area contributed by atoms with Gasteiger partial charge in [0.15, 0.2) is 5.69 Å². The molecule has 7 nitrogen and oxygen atoms in total. The standard InChI is InChI=1S/C20H20F4N6O/c1-29(2)16-10-15(20(22,23)24)25-19(26-16)30-9-3-4-13(11-30)18-27-17(28-31-18)12-5-7-14(21)8-6-12/h5-8,10,13H,3-4,9,11H2,1-2H3. The molecule has 3 aromatic rings. The summed E-state index contributed by atoms with van der Waals surface area (Å²) in [5, 5.41) is 3.96. The van der Waals surface area contributed by atoms with Crippen LogP contribution in [0.2, 0.25) is 0 Å². The fraction of sp³-hybridized carbons (Fsp3) is 0.400. The third-order valence-corrected chi connectivity index (χ3v) is 5.05. The predicted octanol–water partition coefficient (Wildman–Crippen LogP) is 4.13. The number of hydrogen-bond acceptors (Lipinski definition) is 7. The van der Waals surface area contributed by atoms with E-state index in [1.807, 2.05) is 0 Å². The predicted molar refractivity (Wildman–Crippen MR) is 105 cm³/mol. The van der Waals surface area contributed by atoms with Crippen molar-refractivity contribution in [3.63, 3.8) is 0 Å². The molecule has 1 aliphatic rings. The molecule has 4 rings (SSSR count). The summed E-state index contributed by atoms with van der Waals surface area (Å²) in [5.74, 6) is 0.350. The van der Waals surface area contributed by atoms with Crippen molar-refractivity contribution in [1.29, 1.82) is 0 Å². The molecule has 1 fully saturated rings. The molecule has 3 heterocycles.